The van der Waals surface area contributed by atoms with Gasteiger partial charge in [0.2, 0.25) is 0 Å². The van der Waals surface area contributed by atoms with Gasteiger partial charge in [-0.2, -0.15) is 5.10 Å². The van der Waals surface area contributed by atoms with E-state index in [4.69, 9.17) is 5.41 Å². The van der Waals surface area contributed by atoms with E-state index in [0.29, 0.717) is 0 Å². The van der Waals surface area contributed by atoms with Crippen LogP contribution in [0.25, 0.3) is 0 Å². The van der Waals surface area contributed by atoms with Gasteiger partial charge in [-0.3, -0.25) is 4.68 Å². The normalized spacial score (nSPS) is 16.9. The Hall–Kier alpha value is -1.12. The SMILES string of the molecule is CC(C)(C)n1ncc2c1CCCC2=N. The first-order valence-electron chi connectivity index (χ1n) is 5.15. The van der Waals surface area contributed by atoms with E-state index in [1.54, 1.807) is 0 Å². The molecule has 1 aromatic rings. The third-order valence-electron chi connectivity index (χ3n) is 2.67. The summed E-state index contributed by atoms with van der Waals surface area (Å²) >= 11 is 0. The Morgan fingerprint density at radius 2 is 2.07 bits per heavy atom. The van der Waals surface area contributed by atoms with E-state index in [1.807, 2.05) is 6.20 Å². The maximum atomic E-state index is 7.84. The lowest BCUT2D eigenvalue weighted by Crippen LogP contribution is -2.27. The molecule has 1 N–H and O–H groups in total. The third-order valence-corrected chi connectivity index (χ3v) is 2.67. The lowest BCUT2D eigenvalue weighted by Gasteiger charge is -2.24. The summed E-state index contributed by atoms with van der Waals surface area (Å²) in [5.41, 5.74) is 3.09. The zero-order valence-corrected chi connectivity index (χ0v) is 9.09. The van der Waals surface area contributed by atoms with E-state index in [1.165, 1.54) is 5.69 Å². The van der Waals surface area contributed by atoms with Crippen LogP contribution in [0.4, 0.5) is 0 Å². The Morgan fingerprint density at radius 3 is 2.71 bits per heavy atom. The van der Waals surface area contributed by atoms with Crippen LogP contribution in [0.5, 0.6) is 0 Å². The summed E-state index contributed by atoms with van der Waals surface area (Å²) in [5.74, 6) is 0. The van der Waals surface area contributed by atoms with E-state index < -0.39 is 0 Å². The highest BCUT2D eigenvalue weighted by Crippen LogP contribution is 2.25. The van der Waals surface area contributed by atoms with Gasteiger partial charge in [-0.1, -0.05) is 0 Å². The minimum atomic E-state index is 0.0329. The van der Waals surface area contributed by atoms with E-state index >= 15 is 0 Å². The topological polar surface area (TPSA) is 41.7 Å². The molecule has 3 heteroatoms. The molecule has 2 rings (SSSR count). The van der Waals surface area contributed by atoms with Crippen LogP contribution >= 0.6 is 0 Å². The quantitative estimate of drug-likeness (QED) is 0.672. The third kappa shape index (κ3) is 1.37. The van der Waals surface area contributed by atoms with Gasteiger partial charge in [-0.05, 0) is 40.0 Å². The van der Waals surface area contributed by atoms with Crippen molar-refractivity contribution in [1.29, 1.82) is 5.41 Å². The van der Waals surface area contributed by atoms with Crippen LogP contribution < -0.4 is 0 Å². The molecule has 0 aliphatic heterocycles. The van der Waals surface area contributed by atoms with Gasteiger partial charge in [-0.25, -0.2) is 0 Å². The highest BCUT2D eigenvalue weighted by molar-refractivity contribution is 5.99. The molecule has 1 aliphatic carbocycles. The summed E-state index contributed by atoms with van der Waals surface area (Å²) in [6.45, 7) is 6.45. The summed E-state index contributed by atoms with van der Waals surface area (Å²) in [4.78, 5) is 0. The molecule has 76 valence electrons. The van der Waals surface area contributed by atoms with Crippen molar-refractivity contribution in [3.8, 4) is 0 Å². The molecule has 1 heterocycles. The fraction of sp³-hybridized carbons (Fsp3) is 0.636. The van der Waals surface area contributed by atoms with Crippen LogP contribution in [-0.2, 0) is 12.0 Å². The Bertz CT molecular complexity index is 368. The monoisotopic (exact) mass is 191 g/mol. The summed E-state index contributed by atoms with van der Waals surface area (Å²) in [5, 5.41) is 12.2. The maximum absolute atomic E-state index is 7.84. The van der Waals surface area contributed by atoms with E-state index in [9.17, 15) is 0 Å². The summed E-state index contributed by atoms with van der Waals surface area (Å²) in [7, 11) is 0. The Balaban J connectivity index is 2.51. The summed E-state index contributed by atoms with van der Waals surface area (Å²) in [6.07, 6.45) is 4.91. The largest absolute Gasteiger partial charge is 0.305 e. The smallest absolute Gasteiger partial charge is 0.0583 e. The number of fused-ring (bicyclic) bond motifs is 1. The van der Waals surface area contributed by atoms with Gasteiger partial charge in [0.25, 0.3) is 0 Å². The van der Waals surface area contributed by atoms with Gasteiger partial charge in [0.05, 0.1) is 11.7 Å². The lowest BCUT2D eigenvalue weighted by atomic mass is 9.95. The van der Waals surface area contributed by atoms with Crippen LogP contribution in [-0.4, -0.2) is 15.5 Å². The molecular weight excluding hydrogens is 174 g/mol. The van der Waals surface area contributed by atoms with Crippen molar-refractivity contribution >= 4 is 5.71 Å². The molecule has 0 saturated carbocycles. The number of hydrogen-bond donors (Lipinski definition) is 1. The summed E-state index contributed by atoms with van der Waals surface area (Å²) in [6, 6.07) is 0. The molecule has 0 aromatic carbocycles. The first-order chi connectivity index (χ1) is 6.50. The molecule has 14 heavy (non-hydrogen) atoms. The Morgan fingerprint density at radius 1 is 1.36 bits per heavy atom. The fourth-order valence-electron chi connectivity index (χ4n) is 2.01. The number of nitrogens with zero attached hydrogens (tertiary/aromatic N) is 2. The first-order valence-corrected chi connectivity index (χ1v) is 5.15. The van der Waals surface area contributed by atoms with E-state index in [-0.39, 0.29) is 5.54 Å². The Kier molecular flexibility index (Phi) is 1.98. The number of aromatic nitrogens is 2. The number of rotatable bonds is 0. The van der Waals surface area contributed by atoms with Crippen molar-refractivity contribution in [2.75, 3.05) is 0 Å². The van der Waals surface area contributed by atoms with Gasteiger partial charge < -0.3 is 5.41 Å². The average molecular weight is 191 g/mol. The molecule has 0 amide bonds. The molecule has 3 nitrogen and oxygen atoms in total. The van der Waals surface area contributed by atoms with Crippen molar-refractivity contribution in [2.45, 2.75) is 45.6 Å². The zero-order chi connectivity index (χ0) is 10.3. The van der Waals surface area contributed by atoms with Gasteiger partial charge >= 0.3 is 0 Å². The molecular formula is C11H17N3. The van der Waals surface area contributed by atoms with Crippen LogP contribution in [0.1, 0.15) is 44.9 Å². The second kappa shape index (κ2) is 2.94. The van der Waals surface area contributed by atoms with E-state index in [2.05, 4.69) is 30.6 Å². The molecule has 0 atom stereocenters. The van der Waals surface area contributed by atoms with Crippen LogP contribution in [0, 0.1) is 5.41 Å². The predicted molar refractivity (Wildman–Crippen MR) is 57.0 cm³/mol. The summed E-state index contributed by atoms with van der Waals surface area (Å²) < 4.78 is 2.07. The average Bonchev–Trinajstić information content (AvgIpc) is 2.47. The predicted octanol–water partition coefficient (Wildman–Crippen LogP) is 2.34. The van der Waals surface area contributed by atoms with Crippen molar-refractivity contribution in [1.82, 2.24) is 9.78 Å². The van der Waals surface area contributed by atoms with E-state index in [0.717, 1.165) is 30.5 Å². The molecule has 0 bridgehead atoms. The van der Waals surface area contributed by atoms with Gasteiger partial charge in [-0.15, -0.1) is 0 Å². The second-order valence-corrected chi connectivity index (χ2v) is 4.92. The lowest BCUT2D eigenvalue weighted by molar-refractivity contribution is 0.342. The molecule has 0 spiro atoms. The molecule has 1 aliphatic rings. The minimum Gasteiger partial charge on any atom is -0.305 e. The highest BCUT2D eigenvalue weighted by Gasteiger charge is 2.24. The van der Waals surface area contributed by atoms with Crippen molar-refractivity contribution in [2.24, 2.45) is 0 Å². The highest BCUT2D eigenvalue weighted by atomic mass is 15.3. The number of nitrogens with one attached hydrogen (secondary N) is 1. The van der Waals surface area contributed by atoms with Crippen molar-refractivity contribution in [3.05, 3.63) is 17.5 Å². The second-order valence-electron chi connectivity index (χ2n) is 4.92. The Labute approximate surface area is 84.6 Å². The van der Waals surface area contributed by atoms with Gasteiger partial charge in [0.1, 0.15) is 0 Å². The van der Waals surface area contributed by atoms with Crippen LogP contribution in [0.15, 0.2) is 6.20 Å². The van der Waals surface area contributed by atoms with Crippen LogP contribution in [0.3, 0.4) is 0 Å². The van der Waals surface area contributed by atoms with Gasteiger partial charge in [0, 0.05) is 17.0 Å². The fourth-order valence-corrected chi connectivity index (χ4v) is 2.01. The standard InChI is InChI=1S/C11H17N3/c1-11(2,3)14-10-6-4-5-9(12)8(10)7-13-14/h7,12H,4-6H2,1-3H3. The van der Waals surface area contributed by atoms with Crippen LogP contribution in [0.2, 0.25) is 0 Å². The minimum absolute atomic E-state index is 0.0329. The van der Waals surface area contributed by atoms with Gasteiger partial charge in [0.15, 0.2) is 0 Å². The molecule has 0 fully saturated rings. The number of hydrogen-bond acceptors (Lipinski definition) is 2. The van der Waals surface area contributed by atoms with Crippen molar-refractivity contribution < 1.29 is 0 Å². The maximum Gasteiger partial charge on any atom is 0.0583 e. The zero-order valence-electron chi connectivity index (χ0n) is 9.09. The first kappa shape index (κ1) is 9.44. The molecule has 0 saturated heterocycles. The molecule has 1 aromatic heterocycles. The molecule has 0 radical (unpaired) electrons. The molecule has 0 unspecified atom stereocenters. The van der Waals surface area contributed by atoms with Crippen molar-refractivity contribution in [3.63, 3.8) is 0 Å².